The standard InChI is InChI=1S/C19H16BrN5O2S/c1-2-11-22-28-19(27)24-21-12-17-23-16-6-4-3-5-15(16)18(26)25(17)14-9-7-13(20)8-10-14/h2-10,12,22H,1,11H2,(H,24,27)/b21-12+. The summed E-state index contributed by atoms with van der Waals surface area (Å²) in [5, 5.41) is 4.03. The number of benzene rings is 2. The number of nitrogens with one attached hydrogen (secondary N) is 2. The Bertz CT molecular complexity index is 1100. The number of fused-ring (bicyclic) bond motifs is 1. The first-order valence-electron chi connectivity index (χ1n) is 8.21. The molecule has 0 aliphatic rings. The molecule has 1 aromatic heterocycles. The van der Waals surface area contributed by atoms with E-state index < -0.39 is 5.24 Å². The molecule has 0 spiro atoms. The van der Waals surface area contributed by atoms with Crippen LogP contribution >= 0.6 is 27.9 Å². The number of rotatable bonds is 6. The van der Waals surface area contributed by atoms with E-state index in [0.29, 0.717) is 29.0 Å². The van der Waals surface area contributed by atoms with Gasteiger partial charge in [0, 0.05) is 23.0 Å². The molecular formula is C19H16BrN5O2S. The van der Waals surface area contributed by atoms with Crippen LogP contribution < -0.4 is 15.7 Å². The van der Waals surface area contributed by atoms with Crippen LogP contribution in [0, 0.1) is 0 Å². The topological polar surface area (TPSA) is 88.4 Å². The van der Waals surface area contributed by atoms with Crippen molar-refractivity contribution in [2.75, 3.05) is 6.54 Å². The van der Waals surface area contributed by atoms with Crippen LogP contribution in [0.5, 0.6) is 0 Å². The molecule has 3 aromatic rings. The minimum atomic E-state index is -0.392. The Morgan fingerprint density at radius 3 is 2.75 bits per heavy atom. The van der Waals surface area contributed by atoms with Gasteiger partial charge in [0.15, 0.2) is 5.82 Å². The summed E-state index contributed by atoms with van der Waals surface area (Å²) >= 11 is 4.25. The normalized spacial score (nSPS) is 11.0. The van der Waals surface area contributed by atoms with Crippen molar-refractivity contribution in [1.82, 2.24) is 19.7 Å². The van der Waals surface area contributed by atoms with Gasteiger partial charge in [-0.2, -0.15) is 5.10 Å². The van der Waals surface area contributed by atoms with Crippen molar-refractivity contribution in [3.8, 4) is 5.69 Å². The average molecular weight is 458 g/mol. The number of hydrogen-bond acceptors (Lipinski definition) is 6. The monoisotopic (exact) mass is 457 g/mol. The molecule has 0 aliphatic heterocycles. The maximum Gasteiger partial charge on any atom is 0.314 e. The van der Waals surface area contributed by atoms with Gasteiger partial charge in [0.2, 0.25) is 0 Å². The van der Waals surface area contributed by atoms with Crippen molar-refractivity contribution in [3.63, 3.8) is 0 Å². The lowest BCUT2D eigenvalue weighted by Gasteiger charge is -2.11. The quantitative estimate of drug-likeness (QED) is 0.194. The minimum absolute atomic E-state index is 0.220. The van der Waals surface area contributed by atoms with E-state index >= 15 is 0 Å². The SMILES string of the molecule is C=CCNSC(=O)N/N=C/c1nc2ccccc2c(=O)n1-c1ccc(Br)cc1. The third-order valence-electron chi connectivity index (χ3n) is 3.61. The predicted molar refractivity (Wildman–Crippen MR) is 117 cm³/mol. The molecule has 0 saturated heterocycles. The molecule has 2 N–H and O–H groups in total. The van der Waals surface area contributed by atoms with Crippen molar-refractivity contribution in [3.05, 3.63) is 81.8 Å². The summed E-state index contributed by atoms with van der Waals surface area (Å²) in [4.78, 5) is 29.3. The van der Waals surface area contributed by atoms with E-state index in [0.717, 1.165) is 16.4 Å². The second kappa shape index (κ2) is 9.45. The highest BCUT2D eigenvalue weighted by atomic mass is 79.9. The number of amides is 1. The van der Waals surface area contributed by atoms with Gasteiger partial charge in [-0.15, -0.1) is 6.58 Å². The minimum Gasteiger partial charge on any atom is -0.268 e. The fraction of sp³-hybridized carbons (Fsp3) is 0.0526. The van der Waals surface area contributed by atoms with Gasteiger partial charge >= 0.3 is 5.24 Å². The second-order valence-electron chi connectivity index (χ2n) is 5.50. The molecule has 0 saturated carbocycles. The molecule has 7 nitrogen and oxygen atoms in total. The first kappa shape index (κ1) is 20.0. The van der Waals surface area contributed by atoms with Crippen LogP contribution in [0.1, 0.15) is 5.82 Å². The lowest BCUT2D eigenvalue weighted by atomic mass is 10.2. The Labute approximate surface area is 173 Å². The Balaban J connectivity index is 1.98. The van der Waals surface area contributed by atoms with Gasteiger partial charge in [-0.25, -0.2) is 10.4 Å². The molecule has 0 radical (unpaired) electrons. The molecule has 0 bridgehead atoms. The van der Waals surface area contributed by atoms with E-state index in [4.69, 9.17) is 0 Å². The highest BCUT2D eigenvalue weighted by Crippen LogP contribution is 2.15. The first-order valence-corrected chi connectivity index (χ1v) is 9.82. The fourth-order valence-corrected chi connectivity index (χ4v) is 3.10. The molecule has 0 fully saturated rings. The summed E-state index contributed by atoms with van der Waals surface area (Å²) in [6.45, 7) is 4.04. The summed E-state index contributed by atoms with van der Waals surface area (Å²) < 4.78 is 5.14. The molecule has 0 aliphatic carbocycles. The van der Waals surface area contributed by atoms with Crippen molar-refractivity contribution < 1.29 is 4.79 Å². The van der Waals surface area contributed by atoms with Crippen LogP contribution in [0.15, 0.2) is 75.6 Å². The number of hydrogen-bond donors (Lipinski definition) is 2. The molecule has 142 valence electrons. The zero-order chi connectivity index (χ0) is 19.9. The number of carbonyl (C=O) groups excluding carboxylic acids is 1. The van der Waals surface area contributed by atoms with Gasteiger partial charge in [0.1, 0.15) is 0 Å². The Morgan fingerprint density at radius 1 is 1.25 bits per heavy atom. The van der Waals surface area contributed by atoms with Crippen molar-refractivity contribution in [2.24, 2.45) is 5.10 Å². The van der Waals surface area contributed by atoms with Gasteiger partial charge < -0.3 is 0 Å². The highest BCUT2D eigenvalue weighted by Gasteiger charge is 2.11. The molecule has 1 amide bonds. The molecule has 28 heavy (non-hydrogen) atoms. The molecule has 0 unspecified atom stereocenters. The molecular weight excluding hydrogens is 442 g/mol. The van der Waals surface area contributed by atoms with Gasteiger partial charge in [-0.05, 0) is 36.4 Å². The molecule has 1 heterocycles. The number of carbonyl (C=O) groups is 1. The molecule has 9 heteroatoms. The second-order valence-corrected chi connectivity index (χ2v) is 7.28. The molecule has 0 atom stereocenters. The number of para-hydroxylation sites is 1. The van der Waals surface area contributed by atoms with Crippen molar-refractivity contribution in [2.45, 2.75) is 0 Å². The largest absolute Gasteiger partial charge is 0.314 e. The van der Waals surface area contributed by atoms with E-state index in [1.54, 1.807) is 36.4 Å². The smallest absolute Gasteiger partial charge is 0.268 e. The summed E-state index contributed by atoms with van der Waals surface area (Å²) in [6, 6.07) is 14.4. The highest BCUT2D eigenvalue weighted by molar-refractivity contribution is 9.10. The van der Waals surface area contributed by atoms with Crippen LogP contribution in [-0.2, 0) is 0 Å². The van der Waals surface area contributed by atoms with E-state index in [1.807, 2.05) is 18.2 Å². The summed E-state index contributed by atoms with van der Waals surface area (Å²) in [5.41, 5.74) is 3.35. The maximum atomic E-state index is 13.0. The van der Waals surface area contributed by atoms with Crippen LogP contribution in [0.25, 0.3) is 16.6 Å². The fourth-order valence-electron chi connectivity index (χ4n) is 2.41. The van der Waals surface area contributed by atoms with E-state index in [9.17, 15) is 9.59 Å². The van der Waals surface area contributed by atoms with Crippen LogP contribution in [0.3, 0.4) is 0 Å². The lowest BCUT2D eigenvalue weighted by Crippen LogP contribution is -2.24. The summed E-state index contributed by atoms with van der Waals surface area (Å²) in [6.07, 6.45) is 2.99. The van der Waals surface area contributed by atoms with Crippen LogP contribution in [-0.4, -0.2) is 27.5 Å². The zero-order valence-corrected chi connectivity index (χ0v) is 17.0. The number of hydrazone groups is 1. The van der Waals surface area contributed by atoms with Crippen LogP contribution in [0.4, 0.5) is 4.79 Å². The third kappa shape index (κ3) is 4.75. The Morgan fingerprint density at radius 2 is 2.00 bits per heavy atom. The average Bonchev–Trinajstić information content (AvgIpc) is 2.69. The lowest BCUT2D eigenvalue weighted by molar-refractivity contribution is 0.261. The summed E-state index contributed by atoms with van der Waals surface area (Å²) in [5.74, 6) is 0.301. The maximum absolute atomic E-state index is 13.0. The van der Waals surface area contributed by atoms with Gasteiger partial charge in [0.25, 0.3) is 5.56 Å². The molecule has 3 rings (SSSR count). The van der Waals surface area contributed by atoms with Crippen molar-refractivity contribution >= 4 is 50.2 Å². The van der Waals surface area contributed by atoms with E-state index in [2.05, 4.69) is 42.7 Å². The van der Waals surface area contributed by atoms with E-state index in [-0.39, 0.29) is 5.56 Å². The van der Waals surface area contributed by atoms with Crippen LogP contribution in [0.2, 0.25) is 0 Å². The number of aromatic nitrogens is 2. The first-order chi connectivity index (χ1) is 13.6. The van der Waals surface area contributed by atoms with Crippen molar-refractivity contribution in [1.29, 1.82) is 0 Å². The predicted octanol–water partition coefficient (Wildman–Crippen LogP) is 3.62. The third-order valence-corrected chi connectivity index (χ3v) is 4.73. The Kier molecular flexibility index (Phi) is 6.75. The zero-order valence-electron chi connectivity index (χ0n) is 14.6. The van der Waals surface area contributed by atoms with Gasteiger partial charge in [-0.1, -0.05) is 34.1 Å². The van der Waals surface area contributed by atoms with E-state index in [1.165, 1.54) is 10.8 Å². The summed E-state index contributed by atoms with van der Waals surface area (Å²) in [7, 11) is 0. The Hall–Kier alpha value is -2.75. The van der Waals surface area contributed by atoms with Gasteiger partial charge in [-0.3, -0.25) is 18.9 Å². The number of nitrogens with zero attached hydrogens (tertiary/aromatic N) is 3. The van der Waals surface area contributed by atoms with Gasteiger partial charge in [0.05, 0.1) is 22.8 Å². The molecule has 2 aromatic carbocycles. The number of halogens is 1.